The van der Waals surface area contributed by atoms with Gasteiger partial charge in [-0.1, -0.05) is 11.2 Å². The van der Waals surface area contributed by atoms with Gasteiger partial charge in [0.1, 0.15) is 11.5 Å². The molecule has 2 aromatic rings. The second-order valence-corrected chi connectivity index (χ2v) is 4.94. The molecule has 1 aromatic carbocycles. The largest absolute Gasteiger partial charge is 0.497 e. The standard InChI is InChI=1S/C15H16N2O4/c1-19-12-3-2-11-6-10(9-20-14(11)7-12)8-16-15(18)13-4-5-17-21-13/h2-5,7,10H,6,8-9H2,1H3,(H,16,18)/t10-/m1/s1. The predicted octanol–water partition coefficient (Wildman–Crippen LogP) is 1.66. The molecular weight excluding hydrogens is 272 g/mol. The van der Waals surface area contributed by atoms with Gasteiger partial charge >= 0.3 is 0 Å². The zero-order valence-corrected chi connectivity index (χ0v) is 11.7. The Hall–Kier alpha value is -2.50. The fourth-order valence-electron chi connectivity index (χ4n) is 2.33. The summed E-state index contributed by atoms with van der Waals surface area (Å²) in [5.41, 5.74) is 1.13. The van der Waals surface area contributed by atoms with E-state index in [4.69, 9.17) is 14.0 Å². The van der Waals surface area contributed by atoms with Crippen LogP contribution in [0.1, 0.15) is 16.1 Å². The third-order valence-corrected chi connectivity index (χ3v) is 3.47. The fourth-order valence-corrected chi connectivity index (χ4v) is 2.33. The van der Waals surface area contributed by atoms with Crippen LogP contribution < -0.4 is 14.8 Å². The minimum atomic E-state index is -0.256. The van der Waals surface area contributed by atoms with E-state index in [0.29, 0.717) is 13.2 Å². The third kappa shape index (κ3) is 2.99. The molecule has 0 spiro atoms. The Morgan fingerprint density at radius 1 is 1.48 bits per heavy atom. The highest BCUT2D eigenvalue weighted by atomic mass is 16.5. The molecule has 3 rings (SSSR count). The SMILES string of the molecule is COc1ccc2c(c1)OC[C@@H](CNC(=O)c1ccno1)C2. The lowest BCUT2D eigenvalue weighted by atomic mass is 9.96. The average molecular weight is 288 g/mol. The Kier molecular flexibility index (Phi) is 3.77. The maximum Gasteiger partial charge on any atom is 0.289 e. The molecule has 2 heterocycles. The Morgan fingerprint density at radius 3 is 3.14 bits per heavy atom. The lowest BCUT2D eigenvalue weighted by Gasteiger charge is -2.25. The van der Waals surface area contributed by atoms with Crippen molar-refractivity contribution in [1.29, 1.82) is 0 Å². The first-order valence-electron chi connectivity index (χ1n) is 6.75. The number of nitrogens with one attached hydrogen (secondary N) is 1. The first kappa shape index (κ1) is 13.5. The van der Waals surface area contributed by atoms with Crippen LogP contribution in [-0.2, 0) is 6.42 Å². The quantitative estimate of drug-likeness (QED) is 0.926. The van der Waals surface area contributed by atoms with Crippen molar-refractivity contribution in [3.63, 3.8) is 0 Å². The summed E-state index contributed by atoms with van der Waals surface area (Å²) in [7, 11) is 1.63. The molecule has 6 heteroatoms. The molecule has 0 saturated heterocycles. The van der Waals surface area contributed by atoms with Gasteiger partial charge in [0.25, 0.3) is 5.91 Å². The van der Waals surface area contributed by atoms with E-state index in [1.165, 1.54) is 12.3 Å². The monoisotopic (exact) mass is 288 g/mol. The van der Waals surface area contributed by atoms with Crippen molar-refractivity contribution in [2.24, 2.45) is 5.92 Å². The van der Waals surface area contributed by atoms with Crippen molar-refractivity contribution in [2.75, 3.05) is 20.3 Å². The molecule has 0 aliphatic carbocycles. The van der Waals surface area contributed by atoms with Crippen LogP contribution in [0.5, 0.6) is 11.5 Å². The van der Waals surface area contributed by atoms with Gasteiger partial charge in [-0.3, -0.25) is 4.79 Å². The summed E-state index contributed by atoms with van der Waals surface area (Å²) in [5.74, 6) is 1.83. The highest BCUT2D eigenvalue weighted by molar-refractivity contribution is 5.91. The number of benzene rings is 1. The molecule has 6 nitrogen and oxygen atoms in total. The maximum atomic E-state index is 11.8. The van der Waals surface area contributed by atoms with E-state index in [1.807, 2.05) is 18.2 Å². The first-order valence-corrected chi connectivity index (χ1v) is 6.75. The van der Waals surface area contributed by atoms with Crippen LogP contribution in [0.3, 0.4) is 0 Å². The van der Waals surface area contributed by atoms with E-state index in [1.54, 1.807) is 7.11 Å². The minimum absolute atomic E-state index is 0.219. The van der Waals surface area contributed by atoms with Crippen LogP contribution in [0.15, 0.2) is 35.0 Å². The second-order valence-electron chi connectivity index (χ2n) is 4.94. The molecule has 110 valence electrons. The number of fused-ring (bicyclic) bond motifs is 1. The molecule has 1 aliphatic rings. The normalized spacial score (nSPS) is 16.7. The van der Waals surface area contributed by atoms with Crippen LogP contribution in [0.4, 0.5) is 0 Å². The van der Waals surface area contributed by atoms with E-state index in [2.05, 4.69) is 10.5 Å². The van der Waals surface area contributed by atoms with Crippen molar-refractivity contribution in [3.05, 3.63) is 41.8 Å². The molecule has 1 N–H and O–H groups in total. The van der Waals surface area contributed by atoms with Gasteiger partial charge in [0.05, 0.1) is 19.9 Å². The molecule has 0 bridgehead atoms. The molecule has 0 saturated carbocycles. The summed E-state index contributed by atoms with van der Waals surface area (Å²) in [5, 5.41) is 6.34. The number of hydrogen-bond donors (Lipinski definition) is 1. The van der Waals surface area contributed by atoms with Crippen LogP contribution in [-0.4, -0.2) is 31.3 Å². The van der Waals surface area contributed by atoms with Gasteiger partial charge < -0.3 is 19.3 Å². The molecule has 0 unspecified atom stereocenters. The van der Waals surface area contributed by atoms with Gasteiger partial charge in [-0.2, -0.15) is 0 Å². The summed E-state index contributed by atoms with van der Waals surface area (Å²) in [6.07, 6.45) is 2.30. The van der Waals surface area contributed by atoms with E-state index >= 15 is 0 Å². The molecule has 0 radical (unpaired) electrons. The van der Waals surface area contributed by atoms with Gasteiger partial charge in [-0.25, -0.2) is 0 Å². The number of methoxy groups -OCH3 is 1. The van der Waals surface area contributed by atoms with Crippen molar-refractivity contribution in [3.8, 4) is 11.5 Å². The van der Waals surface area contributed by atoms with E-state index in [-0.39, 0.29) is 17.6 Å². The third-order valence-electron chi connectivity index (χ3n) is 3.47. The zero-order chi connectivity index (χ0) is 14.7. The topological polar surface area (TPSA) is 73.6 Å². The summed E-state index contributed by atoms with van der Waals surface area (Å²) in [6.45, 7) is 1.10. The van der Waals surface area contributed by atoms with Crippen LogP contribution in [0.25, 0.3) is 0 Å². The zero-order valence-electron chi connectivity index (χ0n) is 11.7. The Bertz CT molecular complexity index is 625. The number of ether oxygens (including phenoxy) is 2. The van der Waals surface area contributed by atoms with Gasteiger partial charge in [0, 0.05) is 24.6 Å². The Morgan fingerprint density at radius 2 is 2.38 bits per heavy atom. The van der Waals surface area contributed by atoms with Crippen molar-refractivity contribution < 1.29 is 18.8 Å². The highest BCUT2D eigenvalue weighted by Crippen LogP contribution is 2.30. The van der Waals surface area contributed by atoms with Crippen LogP contribution in [0, 0.1) is 5.92 Å². The molecule has 1 atom stereocenters. The second kappa shape index (κ2) is 5.87. The molecule has 1 amide bonds. The van der Waals surface area contributed by atoms with E-state index < -0.39 is 0 Å². The highest BCUT2D eigenvalue weighted by Gasteiger charge is 2.21. The number of carbonyl (C=O) groups is 1. The lowest BCUT2D eigenvalue weighted by molar-refractivity contribution is 0.0902. The summed E-state index contributed by atoms with van der Waals surface area (Å²) < 4.78 is 15.7. The summed E-state index contributed by atoms with van der Waals surface area (Å²) >= 11 is 0. The number of nitrogens with zero attached hydrogens (tertiary/aromatic N) is 1. The van der Waals surface area contributed by atoms with Gasteiger partial charge in [0.15, 0.2) is 0 Å². The Labute approximate surface area is 122 Å². The first-order chi connectivity index (χ1) is 10.3. The van der Waals surface area contributed by atoms with Crippen molar-refractivity contribution >= 4 is 5.91 Å². The van der Waals surface area contributed by atoms with Crippen molar-refractivity contribution in [1.82, 2.24) is 10.5 Å². The summed E-state index contributed by atoms with van der Waals surface area (Å²) in [6, 6.07) is 7.34. The van der Waals surface area contributed by atoms with Gasteiger partial charge in [-0.05, 0) is 18.1 Å². The average Bonchev–Trinajstić information content (AvgIpc) is 3.06. The number of hydrogen-bond acceptors (Lipinski definition) is 5. The van der Waals surface area contributed by atoms with Crippen LogP contribution in [0.2, 0.25) is 0 Å². The minimum Gasteiger partial charge on any atom is -0.497 e. The molecule has 0 fully saturated rings. The molecular formula is C15H16N2O4. The molecule has 1 aliphatic heterocycles. The molecule has 21 heavy (non-hydrogen) atoms. The molecule has 1 aromatic heterocycles. The van der Waals surface area contributed by atoms with E-state index in [0.717, 1.165) is 23.5 Å². The predicted molar refractivity (Wildman–Crippen MR) is 74.5 cm³/mol. The van der Waals surface area contributed by atoms with Crippen molar-refractivity contribution in [2.45, 2.75) is 6.42 Å². The maximum absolute atomic E-state index is 11.8. The number of amides is 1. The fraction of sp³-hybridized carbons (Fsp3) is 0.333. The Balaban J connectivity index is 1.58. The van der Waals surface area contributed by atoms with E-state index in [9.17, 15) is 4.79 Å². The number of aromatic nitrogens is 1. The smallest absolute Gasteiger partial charge is 0.289 e. The summed E-state index contributed by atoms with van der Waals surface area (Å²) in [4.78, 5) is 11.8. The number of rotatable bonds is 4. The number of carbonyl (C=O) groups excluding carboxylic acids is 1. The van der Waals surface area contributed by atoms with Gasteiger partial charge in [0.2, 0.25) is 5.76 Å². The van der Waals surface area contributed by atoms with Gasteiger partial charge in [-0.15, -0.1) is 0 Å². The lowest BCUT2D eigenvalue weighted by Crippen LogP contribution is -2.34. The van der Waals surface area contributed by atoms with Crippen LogP contribution >= 0.6 is 0 Å².